The number of rotatable bonds is 4. The second kappa shape index (κ2) is 4.82. The molecule has 86 valence electrons. The number of hydrogen-bond acceptors (Lipinski definition) is 1. The van der Waals surface area contributed by atoms with Crippen molar-refractivity contribution < 1.29 is 9.90 Å². The Morgan fingerprint density at radius 3 is 2.40 bits per heavy atom. The molecular weight excluding hydrogens is 188 g/mol. The molecule has 0 aromatic carbocycles. The van der Waals surface area contributed by atoms with Crippen LogP contribution in [-0.4, -0.2) is 11.1 Å². The van der Waals surface area contributed by atoms with Gasteiger partial charge in [0.1, 0.15) is 0 Å². The number of carbonyl (C=O) groups is 1. The van der Waals surface area contributed by atoms with E-state index in [2.05, 4.69) is 13.5 Å². The maximum absolute atomic E-state index is 11.4. The lowest BCUT2D eigenvalue weighted by molar-refractivity contribution is -0.152. The smallest absolute Gasteiger partial charge is 0.309 e. The molecule has 0 aromatic rings. The van der Waals surface area contributed by atoms with Crippen molar-refractivity contribution in [2.75, 3.05) is 0 Å². The largest absolute Gasteiger partial charge is 0.481 e. The van der Waals surface area contributed by atoms with E-state index >= 15 is 0 Å². The maximum atomic E-state index is 11.4. The Morgan fingerprint density at radius 2 is 2.00 bits per heavy atom. The fourth-order valence-corrected chi connectivity index (χ4v) is 2.34. The molecule has 0 unspecified atom stereocenters. The van der Waals surface area contributed by atoms with Crippen LogP contribution >= 0.6 is 0 Å². The molecule has 1 aliphatic rings. The van der Waals surface area contributed by atoms with Crippen molar-refractivity contribution in [2.45, 2.75) is 52.4 Å². The zero-order valence-electron chi connectivity index (χ0n) is 9.88. The summed E-state index contributed by atoms with van der Waals surface area (Å²) < 4.78 is 0. The summed E-state index contributed by atoms with van der Waals surface area (Å²) >= 11 is 0. The molecule has 15 heavy (non-hydrogen) atoms. The SMILES string of the molecule is C=C(C)CCC1(C(=O)O)CCC(C)CC1. The molecule has 1 rings (SSSR count). The normalized spacial score (nSPS) is 31.2. The molecule has 0 bridgehead atoms. The van der Waals surface area contributed by atoms with Crippen molar-refractivity contribution in [1.82, 2.24) is 0 Å². The van der Waals surface area contributed by atoms with E-state index < -0.39 is 11.4 Å². The molecule has 1 aliphatic carbocycles. The van der Waals surface area contributed by atoms with Crippen molar-refractivity contribution in [3.05, 3.63) is 12.2 Å². The summed E-state index contributed by atoms with van der Waals surface area (Å²) in [6, 6.07) is 0. The fraction of sp³-hybridized carbons (Fsp3) is 0.769. The molecule has 0 radical (unpaired) electrons. The Morgan fingerprint density at radius 1 is 1.47 bits per heavy atom. The lowest BCUT2D eigenvalue weighted by Gasteiger charge is -2.35. The van der Waals surface area contributed by atoms with Crippen molar-refractivity contribution >= 4 is 5.97 Å². The van der Waals surface area contributed by atoms with E-state index in [1.54, 1.807) is 0 Å². The van der Waals surface area contributed by atoms with Gasteiger partial charge in [-0.25, -0.2) is 0 Å². The molecular formula is C13H22O2. The van der Waals surface area contributed by atoms with Gasteiger partial charge in [-0.2, -0.15) is 0 Å². The first-order chi connectivity index (χ1) is 6.96. The standard InChI is InChI=1S/C13H22O2/c1-10(2)4-7-13(12(14)15)8-5-11(3)6-9-13/h11H,1,4-9H2,2-3H3,(H,14,15). The number of aliphatic carboxylic acids is 1. The highest BCUT2D eigenvalue weighted by Gasteiger charge is 2.40. The lowest BCUT2D eigenvalue weighted by Crippen LogP contribution is -2.35. The topological polar surface area (TPSA) is 37.3 Å². The zero-order valence-corrected chi connectivity index (χ0v) is 9.88. The number of carboxylic acids is 1. The minimum atomic E-state index is -0.601. The molecule has 1 saturated carbocycles. The average Bonchev–Trinajstić information content (AvgIpc) is 2.17. The van der Waals surface area contributed by atoms with Crippen molar-refractivity contribution in [3.8, 4) is 0 Å². The molecule has 2 heteroatoms. The zero-order chi connectivity index (χ0) is 11.5. The van der Waals surface area contributed by atoms with E-state index in [4.69, 9.17) is 0 Å². The van der Waals surface area contributed by atoms with Crippen LogP contribution in [0, 0.1) is 11.3 Å². The van der Waals surface area contributed by atoms with Crippen LogP contribution in [0.15, 0.2) is 12.2 Å². The van der Waals surface area contributed by atoms with Gasteiger partial charge in [0.05, 0.1) is 5.41 Å². The molecule has 0 aliphatic heterocycles. The maximum Gasteiger partial charge on any atom is 0.309 e. The van der Waals surface area contributed by atoms with Gasteiger partial charge in [0.15, 0.2) is 0 Å². The second-order valence-corrected chi connectivity index (χ2v) is 5.23. The summed E-state index contributed by atoms with van der Waals surface area (Å²) in [6.07, 6.45) is 5.42. The van der Waals surface area contributed by atoms with E-state index in [0.29, 0.717) is 5.92 Å². The minimum Gasteiger partial charge on any atom is -0.481 e. The van der Waals surface area contributed by atoms with Gasteiger partial charge in [-0.15, -0.1) is 6.58 Å². The van der Waals surface area contributed by atoms with E-state index in [1.807, 2.05) is 6.92 Å². The Bertz CT molecular complexity index is 247. The third kappa shape index (κ3) is 3.08. The fourth-order valence-electron chi connectivity index (χ4n) is 2.34. The predicted molar refractivity (Wildman–Crippen MR) is 61.7 cm³/mol. The van der Waals surface area contributed by atoms with Gasteiger partial charge < -0.3 is 5.11 Å². The van der Waals surface area contributed by atoms with E-state index in [9.17, 15) is 9.90 Å². The molecule has 0 spiro atoms. The van der Waals surface area contributed by atoms with Crippen molar-refractivity contribution in [1.29, 1.82) is 0 Å². The molecule has 0 amide bonds. The van der Waals surface area contributed by atoms with Gasteiger partial charge in [0.25, 0.3) is 0 Å². The second-order valence-electron chi connectivity index (χ2n) is 5.23. The van der Waals surface area contributed by atoms with Crippen LogP contribution in [0.5, 0.6) is 0 Å². The summed E-state index contributed by atoms with van der Waals surface area (Å²) in [4.78, 5) is 11.4. The molecule has 1 N–H and O–H groups in total. The molecule has 0 saturated heterocycles. The third-order valence-corrected chi connectivity index (χ3v) is 3.72. The number of hydrogen-bond donors (Lipinski definition) is 1. The Kier molecular flexibility index (Phi) is 3.95. The first-order valence-electron chi connectivity index (χ1n) is 5.84. The highest BCUT2D eigenvalue weighted by Crippen LogP contribution is 2.43. The first kappa shape index (κ1) is 12.3. The summed E-state index contributed by atoms with van der Waals surface area (Å²) in [7, 11) is 0. The third-order valence-electron chi connectivity index (χ3n) is 3.72. The summed E-state index contributed by atoms with van der Waals surface area (Å²) in [5, 5.41) is 9.36. The Labute approximate surface area is 92.4 Å². The average molecular weight is 210 g/mol. The number of carboxylic acid groups (broad SMARTS) is 1. The monoisotopic (exact) mass is 210 g/mol. The highest BCUT2D eigenvalue weighted by molar-refractivity contribution is 5.74. The Hall–Kier alpha value is -0.790. The van der Waals surface area contributed by atoms with Crippen LogP contribution < -0.4 is 0 Å². The van der Waals surface area contributed by atoms with Gasteiger partial charge in [0.2, 0.25) is 0 Å². The van der Waals surface area contributed by atoms with Crippen LogP contribution in [-0.2, 0) is 4.79 Å². The molecule has 0 heterocycles. The molecule has 0 aromatic heterocycles. The van der Waals surface area contributed by atoms with Gasteiger partial charge in [-0.3, -0.25) is 4.79 Å². The Balaban J connectivity index is 2.63. The van der Waals surface area contributed by atoms with Crippen molar-refractivity contribution in [2.24, 2.45) is 11.3 Å². The van der Waals surface area contributed by atoms with Gasteiger partial charge in [-0.05, 0) is 51.4 Å². The molecule has 1 fully saturated rings. The molecule has 0 atom stereocenters. The quantitative estimate of drug-likeness (QED) is 0.719. The number of allylic oxidation sites excluding steroid dienone is 1. The lowest BCUT2D eigenvalue weighted by atomic mass is 9.68. The van der Waals surface area contributed by atoms with E-state index in [-0.39, 0.29) is 0 Å². The van der Waals surface area contributed by atoms with Crippen LogP contribution in [0.4, 0.5) is 0 Å². The van der Waals surface area contributed by atoms with Crippen molar-refractivity contribution in [3.63, 3.8) is 0 Å². The van der Waals surface area contributed by atoms with E-state index in [1.165, 1.54) is 0 Å². The highest BCUT2D eigenvalue weighted by atomic mass is 16.4. The predicted octanol–water partition coefficient (Wildman–Crippen LogP) is 3.62. The first-order valence-corrected chi connectivity index (χ1v) is 5.84. The molecule has 2 nitrogen and oxygen atoms in total. The van der Waals surface area contributed by atoms with E-state index in [0.717, 1.165) is 44.1 Å². The summed E-state index contributed by atoms with van der Waals surface area (Å²) in [6.45, 7) is 8.04. The van der Waals surface area contributed by atoms with Crippen LogP contribution in [0.3, 0.4) is 0 Å². The van der Waals surface area contributed by atoms with Crippen LogP contribution in [0.25, 0.3) is 0 Å². The van der Waals surface area contributed by atoms with Gasteiger partial charge in [-0.1, -0.05) is 12.5 Å². The van der Waals surface area contributed by atoms with Gasteiger partial charge >= 0.3 is 5.97 Å². The minimum absolute atomic E-state index is 0.453. The summed E-state index contributed by atoms with van der Waals surface area (Å²) in [5.41, 5.74) is 0.639. The summed E-state index contributed by atoms with van der Waals surface area (Å²) in [5.74, 6) is 0.0953. The van der Waals surface area contributed by atoms with Gasteiger partial charge in [0, 0.05) is 0 Å². The van der Waals surface area contributed by atoms with Crippen LogP contribution in [0.2, 0.25) is 0 Å². The van der Waals surface area contributed by atoms with Crippen LogP contribution in [0.1, 0.15) is 52.4 Å².